The number of phenolic OH excluding ortho intramolecular Hbond substituents is 1. The van der Waals surface area contributed by atoms with Gasteiger partial charge >= 0.3 is 0 Å². The van der Waals surface area contributed by atoms with Crippen molar-refractivity contribution >= 4 is 0 Å². The van der Waals surface area contributed by atoms with Crippen LogP contribution in [0.15, 0.2) is 34.9 Å². The van der Waals surface area contributed by atoms with Gasteiger partial charge in [0.25, 0.3) is 0 Å². The fourth-order valence-corrected chi connectivity index (χ4v) is 4.08. The first-order valence-electron chi connectivity index (χ1n) is 12.4. The number of unbranched alkanes of at least 4 members (excludes halogenated alkanes) is 1. The normalized spacial score (nSPS) is 14.5. The van der Waals surface area contributed by atoms with Crippen molar-refractivity contribution in [2.75, 3.05) is 19.8 Å². The van der Waals surface area contributed by atoms with E-state index in [4.69, 9.17) is 9.47 Å². The fourth-order valence-electron chi connectivity index (χ4n) is 4.08. The van der Waals surface area contributed by atoms with E-state index in [1.54, 1.807) is 0 Å². The first-order chi connectivity index (χ1) is 15.3. The highest BCUT2D eigenvalue weighted by molar-refractivity contribution is 5.57. The molecule has 3 heteroatoms. The van der Waals surface area contributed by atoms with Gasteiger partial charge in [-0.05, 0) is 102 Å². The molecule has 0 saturated carbocycles. The third kappa shape index (κ3) is 7.85. The third-order valence-electron chi connectivity index (χ3n) is 6.56. The Morgan fingerprint density at radius 2 is 1.59 bits per heavy atom. The monoisotopic (exact) mass is 440 g/mol. The maximum Gasteiger partial charge on any atom is 0.126 e. The molecule has 178 valence electrons. The Hall–Kier alpha value is -2.00. The van der Waals surface area contributed by atoms with Crippen LogP contribution in [0.1, 0.15) is 88.0 Å². The standard InChI is InChI=1S/C29H44O3/c1-7-8-17-27-25(6)28(30)23(4)24(5)29(27)32-18-11-15-22(3)13-9-12-21(2)14-10-16-26-19-31-20-26/h12,15-16,30H,7-11,13-14,17-20H2,1-6H3/b21-12+,22-15+. The summed E-state index contributed by atoms with van der Waals surface area (Å²) in [7, 11) is 0. The zero-order chi connectivity index (χ0) is 23.5. The summed E-state index contributed by atoms with van der Waals surface area (Å²) >= 11 is 0. The molecule has 0 atom stereocenters. The summed E-state index contributed by atoms with van der Waals surface area (Å²) in [6, 6.07) is 0. The smallest absolute Gasteiger partial charge is 0.126 e. The highest BCUT2D eigenvalue weighted by atomic mass is 16.5. The molecule has 1 N–H and O–H groups in total. The number of allylic oxidation sites excluding steroid dienone is 4. The second-order valence-corrected chi connectivity index (χ2v) is 9.31. The molecule has 1 aliphatic heterocycles. The molecule has 32 heavy (non-hydrogen) atoms. The first kappa shape index (κ1) is 26.3. The van der Waals surface area contributed by atoms with E-state index in [1.807, 2.05) is 13.8 Å². The summed E-state index contributed by atoms with van der Waals surface area (Å²) in [6.07, 6.45) is 15.6. The average Bonchev–Trinajstić information content (AvgIpc) is 2.74. The number of rotatable bonds is 13. The Morgan fingerprint density at radius 1 is 0.938 bits per heavy atom. The van der Waals surface area contributed by atoms with Crippen molar-refractivity contribution in [3.8, 4) is 11.5 Å². The van der Waals surface area contributed by atoms with Crippen LogP contribution in [0, 0.1) is 20.8 Å². The van der Waals surface area contributed by atoms with Gasteiger partial charge in [0.05, 0.1) is 19.8 Å². The van der Waals surface area contributed by atoms with Crippen LogP contribution >= 0.6 is 0 Å². The summed E-state index contributed by atoms with van der Waals surface area (Å²) in [5.41, 5.74) is 8.50. The van der Waals surface area contributed by atoms with Gasteiger partial charge in [-0.1, -0.05) is 42.7 Å². The van der Waals surface area contributed by atoms with Crippen LogP contribution < -0.4 is 4.74 Å². The number of benzene rings is 1. The number of aromatic hydroxyl groups is 1. The molecule has 0 aliphatic carbocycles. The predicted octanol–water partition coefficient (Wildman–Crippen LogP) is 7.84. The molecule has 1 fully saturated rings. The van der Waals surface area contributed by atoms with Gasteiger partial charge in [0.15, 0.2) is 0 Å². The Kier molecular flexibility index (Phi) is 11.1. The summed E-state index contributed by atoms with van der Waals surface area (Å²) in [6.45, 7) is 15.1. The molecule has 0 amide bonds. The lowest BCUT2D eigenvalue weighted by molar-refractivity contribution is 0.102. The van der Waals surface area contributed by atoms with Crippen molar-refractivity contribution in [1.82, 2.24) is 0 Å². The topological polar surface area (TPSA) is 38.7 Å². The quantitative estimate of drug-likeness (QED) is 0.251. The van der Waals surface area contributed by atoms with Gasteiger partial charge in [-0.15, -0.1) is 0 Å². The third-order valence-corrected chi connectivity index (χ3v) is 6.56. The van der Waals surface area contributed by atoms with E-state index in [0.717, 1.165) is 87.0 Å². The van der Waals surface area contributed by atoms with Crippen LogP contribution in [-0.2, 0) is 11.2 Å². The molecule has 2 rings (SSSR count). The second-order valence-electron chi connectivity index (χ2n) is 9.31. The molecule has 1 aromatic rings. The first-order valence-corrected chi connectivity index (χ1v) is 12.4. The summed E-state index contributed by atoms with van der Waals surface area (Å²) < 4.78 is 11.5. The Balaban J connectivity index is 1.81. The Labute approximate surface area is 196 Å². The van der Waals surface area contributed by atoms with E-state index in [2.05, 4.69) is 45.9 Å². The van der Waals surface area contributed by atoms with Crippen LogP contribution in [0.3, 0.4) is 0 Å². The van der Waals surface area contributed by atoms with Crippen molar-refractivity contribution in [3.63, 3.8) is 0 Å². The molecule has 0 aromatic heterocycles. The van der Waals surface area contributed by atoms with Gasteiger partial charge in [-0.25, -0.2) is 0 Å². The van der Waals surface area contributed by atoms with E-state index in [0.29, 0.717) is 12.4 Å². The maximum absolute atomic E-state index is 10.5. The molecular formula is C29H44O3. The zero-order valence-electron chi connectivity index (χ0n) is 21.3. The summed E-state index contributed by atoms with van der Waals surface area (Å²) in [4.78, 5) is 0. The van der Waals surface area contributed by atoms with Crippen LogP contribution in [0.4, 0.5) is 0 Å². The van der Waals surface area contributed by atoms with Crippen molar-refractivity contribution in [2.24, 2.45) is 0 Å². The van der Waals surface area contributed by atoms with Crippen molar-refractivity contribution in [2.45, 2.75) is 92.9 Å². The van der Waals surface area contributed by atoms with Crippen LogP contribution in [0.25, 0.3) is 0 Å². The van der Waals surface area contributed by atoms with Crippen molar-refractivity contribution < 1.29 is 14.6 Å². The molecule has 0 bridgehead atoms. The Bertz CT molecular complexity index is 837. The largest absolute Gasteiger partial charge is 0.507 e. The lowest BCUT2D eigenvalue weighted by Crippen LogP contribution is -2.15. The molecule has 0 unspecified atom stereocenters. The lowest BCUT2D eigenvalue weighted by Gasteiger charge is -2.20. The Morgan fingerprint density at radius 3 is 2.22 bits per heavy atom. The molecule has 0 spiro atoms. The van der Waals surface area contributed by atoms with E-state index in [1.165, 1.54) is 22.3 Å². The fraction of sp³-hybridized carbons (Fsp3) is 0.586. The van der Waals surface area contributed by atoms with Gasteiger partial charge in [-0.3, -0.25) is 0 Å². The molecular weight excluding hydrogens is 396 g/mol. The number of hydrogen-bond acceptors (Lipinski definition) is 3. The molecule has 1 aliphatic rings. The predicted molar refractivity (Wildman–Crippen MR) is 136 cm³/mol. The van der Waals surface area contributed by atoms with E-state index >= 15 is 0 Å². The maximum atomic E-state index is 10.5. The van der Waals surface area contributed by atoms with Crippen LogP contribution in [0.5, 0.6) is 11.5 Å². The van der Waals surface area contributed by atoms with E-state index in [-0.39, 0.29) is 0 Å². The summed E-state index contributed by atoms with van der Waals surface area (Å²) in [5.74, 6) is 1.41. The second kappa shape index (κ2) is 13.5. The van der Waals surface area contributed by atoms with Crippen LogP contribution in [0.2, 0.25) is 0 Å². The number of hydrogen-bond donors (Lipinski definition) is 1. The van der Waals surface area contributed by atoms with E-state index in [9.17, 15) is 5.11 Å². The van der Waals surface area contributed by atoms with Gasteiger partial charge in [0.2, 0.25) is 0 Å². The minimum absolute atomic E-state index is 0.425. The molecule has 1 aromatic carbocycles. The van der Waals surface area contributed by atoms with Gasteiger partial charge in [-0.2, -0.15) is 0 Å². The molecule has 3 nitrogen and oxygen atoms in total. The van der Waals surface area contributed by atoms with E-state index < -0.39 is 0 Å². The minimum Gasteiger partial charge on any atom is -0.507 e. The van der Waals surface area contributed by atoms with Gasteiger partial charge in [0, 0.05) is 5.56 Å². The molecule has 1 heterocycles. The summed E-state index contributed by atoms with van der Waals surface area (Å²) in [5, 5.41) is 10.5. The highest BCUT2D eigenvalue weighted by Gasteiger charge is 2.17. The van der Waals surface area contributed by atoms with Crippen molar-refractivity contribution in [1.29, 1.82) is 0 Å². The minimum atomic E-state index is 0.425. The van der Waals surface area contributed by atoms with Crippen molar-refractivity contribution in [3.05, 3.63) is 57.2 Å². The average molecular weight is 441 g/mol. The lowest BCUT2D eigenvalue weighted by atomic mass is 9.94. The zero-order valence-corrected chi connectivity index (χ0v) is 21.3. The SMILES string of the molecule is CCCCc1c(C)c(O)c(C)c(C)c1OCC/C=C(\C)CC/C=C(\C)CCC=C1COC1. The number of ether oxygens (including phenoxy) is 2. The van der Waals surface area contributed by atoms with Gasteiger partial charge < -0.3 is 14.6 Å². The van der Waals surface area contributed by atoms with Gasteiger partial charge in [0.1, 0.15) is 11.5 Å². The molecule has 0 radical (unpaired) electrons. The molecule has 1 saturated heterocycles. The number of phenols is 1. The van der Waals surface area contributed by atoms with Crippen LogP contribution in [-0.4, -0.2) is 24.9 Å². The highest BCUT2D eigenvalue weighted by Crippen LogP contribution is 2.38.